The zero-order chi connectivity index (χ0) is 26.6. The van der Waals surface area contributed by atoms with Crippen molar-refractivity contribution < 1.29 is 4.74 Å². The molecule has 3 N–H and O–H groups in total. The van der Waals surface area contributed by atoms with Crippen molar-refractivity contribution in [1.29, 1.82) is 0 Å². The van der Waals surface area contributed by atoms with Crippen LogP contribution in [0.15, 0.2) is 62.4 Å². The SMILES string of the molecule is COC1(C)CN(CCCN=CC(C2=CN=C3C=CC(Nc4cc(C(C)C)cnn4)=NC3(C)C2)=C(C)N)C1. The van der Waals surface area contributed by atoms with Gasteiger partial charge in [-0.2, -0.15) is 5.10 Å². The molecule has 0 aliphatic carbocycles. The first kappa shape index (κ1) is 26.9. The van der Waals surface area contributed by atoms with Crippen molar-refractivity contribution in [1.82, 2.24) is 15.1 Å². The van der Waals surface area contributed by atoms with Gasteiger partial charge in [0.25, 0.3) is 0 Å². The molecule has 0 spiro atoms. The summed E-state index contributed by atoms with van der Waals surface area (Å²) in [6.07, 6.45) is 11.2. The maximum atomic E-state index is 6.29. The number of fused-ring (bicyclic) bond motifs is 1. The predicted molar refractivity (Wildman–Crippen MR) is 152 cm³/mol. The standard InChI is InChI=1S/C28H40N8O/c1-19(2)21-12-26(35-32-15-21)33-25-9-8-24-28(5,34-25)13-22(14-31-24)23(20(3)29)16-30-10-7-11-36-17-27(4,18-36)37-6/h8-9,12,14-16,19H,7,10-11,13,17-18,29H2,1-6H3,(H,33,34,35). The van der Waals surface area contributed by atoms with Crippen molar-refractivity contribution >= 4 is 23.6 Å². The van der Waals surface area contributed by atoms with Crippen LogP contribution in [0, 0.1) is 0 Å². The van der Waals surface area contributed by atoms with E-state index in [-0.39, 0.29) is 5.60 Å². The van der Waals surface area contributed by atoms with Gasteiger partial charge in [-0.1, -0.05) is 13.8 Å². The maximum absolute atomic E-state index is 6.29. The van der Waals surface area contributed by atoms with Gasteiger partial charge in [-0.3, -0.25) is 19.9 Å². The van der Waals surface area contributed by atoms with E-state index < -0.39 is 5.54 Å². The molecule has 1 atom stereocenters. The lowest BCUT2D eigenvalue weighted by atomic mass is 9.82. The van der Waals surface area contributed by atoms with E-state index in [4.69, 9.17) is 20.5 Å². The summed E-state index contributed by atoms with van der Waals surface area (Å²) in [6, 6.07) is 2.01. The number of aliphatic imine (C=N–C) groups is 3. The number of allylic oxidation sites excluding steroid dienone is 2. The maximum Gasteiger partial charge on any atom is 0.154 e. The van der Waals surface area contributed by atoms with Crippen LogP contribution in [0.25, 0.3) is 0 Å². The largest absolute Gasteiger partial charge is 0.402 e. The molecule has 0 bridgehead atoms. The molecule has 1 unspecified atom stereocenters. The van der Waals surface area contributed by atoms with Gasteiger partial charge < -0.3 is 15.8 Å². The molecule has 9 heteroatoms. The Kier molecular flexibility index (Phi) is 8.04. The number of anilines is 1. The summed E-state index contributed by atoms with van der Waals surface area (Å²) in [5.74, 6) is 1.79. The molecule has 198 valence electrons. The highest BCUT2D eigenvalue weighted by atomic mass is 16.5. The first-order chi connectivity index (χ1) is 17.6. The van der Waals surface area contributed by atoms with Crippen molar-refractivity contribution in [3.05, 3.63) is 53.0 Å². The normalized spacial score (nSPS) is 23.7. The minimum absolute atomic E-state index is 0.0104. The van der Waals surface area contributed by atoms with Crippen LogP contribution >= 0.6 is 0 Å². The molecule has 0 amide bonds. The van der Waals surface area contributed by atoms with Crippen molar-refractivity contribution in [2.75, 3.05) is 38.6 Å². The number of nitrogens with one attached hydrogen (secondary N) is 1. The Bertz CT molecular complexity index is 1180. The van der Waals surface area contributed by atoms with Crippen LogP contribution in [0.4, 0.5) is 5.82 Å². The highest BCUT2D eigenvalue weighted by Crippen LogP contribution is 2.33. The Morgan fingerprint density at radius 3 is 2.78 bits per heavy atom. The van der Waals surface area contributed by atoms with Crippen LogP contribution in [-0.4, -0.2) is 77.3 Å². The summed E-state index contributed by atoms with van der Waals surface area (Å²) in [6.45, 7) is 14.2. The van der Waals surface area contributed by atoms with Crippen LogP contribution in [0.3, 0.4) is 0 Å². The summed E-state index contributed by atoms with van der Waals surface area (Å²) in [5.41, 5.74) is 10.5. The van der Waals surface area contributed by atoms with Crippen molar-refractivity contribution in [2.45, 2.75) is 64.5 Å². The fourth-order valence-corrected chi connectivity index (χ4v) is 4.86. The molecule has 1 saturated heterocycles. The lowest BCUT2D eigenvalue weighted by molar-refractivity contribution is -0.110. The average molecular weight is 505 g/mol. The number of hydrogen-bond donors (Lipinski definition) is 2. The van der Waals surface area contributed by atoms with E-state index in [2.05, 4.69) is 53.1 Å². The Balaban J connectivity index is 1.39. The third-order valence-corrected chi connectivity index (χ3v) is 7.17. The Hall–Kier alpha value is -3.17. The summed E-state index contributed by atoms with van der Waals surface area (Å²) in [7, 11) is 1.78. The predicted octanol–water partition coefficient (Wildman–Crippen LogP) is 3.88. The van der Waals surface area contributed by atoms with Gasteiger partial charge in [-0.15, -0.1) is 5.10 Å². The zero-order valence-electron chi connectivity index (χ0n) is 23.0. The van der Waals surface area contributed by atoms with Crippen molar-refractivity contribution in [3.63, 3.8) is 0 Å². The van der Waals surface area contributed by atoms with Crippen LogP contribution < -0.4 is 11.1 Å². The molecule has 3 aliphatic heterocycles. The van der Waals surface area contributed by atoms with Crippen LogP contribution in [0.5, 0.6) is 0 Å². The van der Waals surface area contributed by atoms with Crippen LogP contribution in [0.2, 0.25) is 0 Å². The summed E-state index contributed by atoms with van der Waals surface area (Å²) in [4.78, 5) is 16.8. The number of amidine groups is 1. The Morgan fingerprint density at radius 2 is 2.08 bits per heavy atom. The molecule has 4 heterocycles. The highest BCUT2D eigenvalue weighted by Gasteiger charge is 2.38. The van der Waals surface area contributed by atoms with Gasteiger partial charge in [0.2, 0.25) is 0 Å². The van der Waals surface area contributed by atoms with E-state index in [0.29, 0.717) is 18.2 Å². The van der Waals surface area contributed by atoms with Crippen LogP contribution in [0.1, 0.15) is 58.9 Å². The second kappa shape index (κ2) is 11.1. The molecule has 37 heavy (non-hydrogen) atoms. The second-order valence-electron chi connectivity index (χ2n) is 11.0. The molecule has 4 rings (SSSR count). The van der Waals surface area contributed by atoms with Gasteiger partial charge in [0.15, 0.2) is 5.82 Å². The van der Waals surface area contributed by atoms with Gasteiger partial charge in [0.1, 0.15) is 11.4 Å². The summed E-state index contributed by atoms with van der Waals surface area (Å²) in [5, 5.41) is 11.7. The number of nitrogens with zero attached hydrogens (tertiary/aromatic N) is 6. The van der Waals surface area contributed by atoms with Crippen molar-refractivity contribution in [3.8, 4) is 0 Å². The molecule has 9 nitrogen and oxygen atoms in total. The van der Waals surface area contributed by atoms with Crippen molar-refractivity contribution in [2.24, 2.45) is 20.7 Å². The minimum Gasteiger partial charge on any atom is -0.402 e. The first-order valence-electron chi connectivity index (χ1n) is 13.0. The molecule has 0 saturated carbocycles. The molecule has 0 radical (unpaired) electrons. The number of hydrogen-bond acceptors (Lipinski definition) is 9. The first-order valence-corrected chi connectivity index (χ1v) is 13.0. The highest BCUT2D eigenvalue weighted by molar-refractivity contribution is 6.16. The van der Waals surface area contributed by atoms with Gasteiger partial charge in [0.05, 0.1) is 17.5 Å². The summed E-state index contributed by atoms with van der Waals surface area (Å²) >= 11 is 0. The molecule has 0 aromatic carbocycles. The zero-order valence-corrected chi connectivity index (χ0v) is 23.0. The van der Waals surface area contributed by atoms with E-state index >= 15 is 0 Å². The second-order valence-corrected chi connectivity index (χ2v) is 11.0. The smallest absolute Gasteiger partial charge is 0.154 e. The number of likely N-dealkylation sites (tertiary alicyclic amines) is 1. The van der Waals surface area contributed by atoms with E-state index in [1.807, 2.05) is 37.6 Å². The lowest BCUT2D eigenvalue weighted by Crippen LogP contribution is -2.60. The van der Waals surface area contributed by atoms with E-state index in [1.165, 1.54) is 0 Å². The molecule has 1 aromatic rings. The minimum atomic E-state index is -0.510. The fraction of sp³-hybridized carbons (Fsp3) is 0.536. The Labute approximate surface area is 220 Å². The third kappa shape index (κ3) is 6.40. The quantitative estimate of drug-likeness (QED) is 0.390. The lowest BCUT2D eigenvalue weighted by Gasteiger charge is -2.46. The number of aromatic nitrogens is 2. The van der Waals surface area contributed by atoms with Crippen LogP contribution in [-0.2, 0) is 4.74 Å². The van der Waals surface area contributed by atoms with E-state index in [9.17, 15) is 0 Å². The molecule has 3 aliphatic rings. The monoisotopic (exact) mass is 504 g/mol. The van der Waals surface area contributed by atoms with E-state index in [0.717, 1.165) is 66.6 Å². The molecular formula is C28H40N8O. The Morgan fingerprint density at radius 1 is 1.30 bits per heavy atom. The van der Waals surface area contributed by atoms with Gasteiger partial charge in [0, 0.05) is 63.4 Å². The van der Waals surface area contributed by atoms with E-state index in [1.54, 1.807) is 13.3 Å². The molecular weight excluding hydrogens is 464 g/mol. The van der Waals surface area contributed by atoms with Gasteiger partial charge in [-0.05, 0) is 62.5 Å². The number of rotatable bonds is 9. The fourth-order valence-electron chi connectivity index (χ4n) is 4.86. The number of ether oxygens (including phenoxy) is 1. The van der Waals surface area contributed by atoms with Gasteiger partial charge >= 0.3 is 0 Å². The van der Waals surface area contributed by atoms with Gasteiger partial charge in [-0.25, -0.2) is 0 Å². The number of methoxy groups -OCH3 is 1. The third-order valence-electron chi connectivity index (χ3n) is 7.17. The average Bonchev–Trinajstić information content (AvgIpc) is 2.83. The molecule has 1 aromatic heterocycles. The molecule has 1 fully saturated rings. The number of dihydropyridines is 1. The topological polar surface area (TPSA) is 113 Å². The summed E-state index contributed by atoms with van der Waals surface area (Å²) < 4.78 is 5.52. The number of nitrogens with two attached hydrogens (primary N) is 1.